The lowest BCUT2D eigenvalue weighted by Crippen LogP contribution is -2.22. The van der Waals surface area contributed by atoms with Gasteiger partial charge in [-0.1, -0.05) is 19.3 Å². The molecule has 0 spiro atoms. The maximum absolute atomic E-state index is 10.9. The highest BCUT2D eigenvalue weighted by Gasteiger charge is 2.15. The van der Waals surface area contributed by atoms with Crippen LogP contribution in [0.4, 0.5) is 11.5 Å². The Kier molecular flexibility index (Phi) is 3.73. The molecule has 0 amide bonds. The van der Waals surface area contributed by atoms with Crippen molar-refractivity contribution in [2.75, 3.05) is 5.32 Å². The van der Waals surface area contributed by atoms with E-state index < -0.39 is 0 Å². The Bertz CT molecular complexity index is 679. The number of hydrogen-bond donors (Lipinski definition) is 1. The number of nitro groups is 1. The summed E-state index contributed by atoms with van der Waals surface area (Å²) in [5.74, 6) is 0.876. The number of hydrogen-bond acceptors (Lipinski definition) is 4. The van der Waals surface area contributed by atoms with E-state index in [4.69, 9.17) is 0 Å². The van der Waals surface area contributed by atoms with E-state index in [9.17, 15) is 10.1 Å². The number of nitrogens with zero attached hydrogens (tertiary/aromatic N) is 2. The molecule has 1 N–H and O–H groups in total. The minimum absolute atomic E-state index is 0.111. The lowest BCUT2D eigenvalue weighted by Gasteiger charge is -2.23. The van der Waals surface area contributed by atoms with E-state index in [2.05, 4.69) is 10.3 Å². The molecule has 110 valence electrons. The molecular formula is C16H19N3O2. The van der Waals surface area contributed by atoms with Crippen molar-refractivity contribution in [1.29, 1.82) is 0 Å². The van der Waals surface area contributed by atoms with E-state index in [-0.39, 0.29) is 10.6 Å². The highest BCUT2D eigenvalue weighted by atomic mass is 16.6. The van der Waals surface area contributed by atoms with Gasteiger partial charge in [-0.2, -0.15) is 0 Å². The zero-order valence-electron chi connectivity index (χ0n) is 12.1. The van der Waals surface area contributed by atoms with Crippen molar-refractivity contribution in [3.05, 3.63) is 39.9 Å². The van der Waals surface area contributed by atoms with Gasteiger partial charge < -0.3 is 5.32 Å². The maximum Gasteiger partial charge on any atom is 0.270 e. The Morgan fingerprint density at radius 1 is 1.24 bits per heavy atom. The van der Waals surface area contributed by atoms with Crippen molar-refractivity contribution in [3.63, 3.8) is 0 Å². The minimum Gasteiger partial charge on any atom is -0.367 e. The first kappa shape index (κ1) is 13.8. The van der Waals surface area contributed by atoms with Crippen LogP contribution in [0.5, 0.6) is 0 Å². The van der Waals surface area contributed by atoms with Gasteiger partial charge in [0.15, 0.2) is 0 Å². The number of nitrogens with one attached hydrogen (secondary N) is 1. The van der Waals surface area contributed by atoms with E-state index in [0.717, 1.165) is 22.3 Å². The summed E-state index contributed by atoms with van der Waals surface area (Å²) in [6, 6.07) is 7.33. The third kappa shape index (κ3) is 2.96. The molecule has 5 heteroatoms. The molecule has 0 unspecified atom stereocenters. The third-order valence-electron chi connectivity index (χ3n) is 4.17. The molecule has 1 aromatic carbocycles. The van der Waals surface area contributed by atoms with Gasteiger partial charge in [-0.05, 0) is 37.5 Å². The highest BCUT2D eigenvalue weighted by molar-refractivity contribution is 5.85. The van der Waals surface area contributed by atoms with Crippen LogP contribution in [-0.4, -0.2) is 15.9 Å². The summed E-state index contributed by atoms with van der Waals surface area (Å²) in [4.78, 5) is 15.1. The quantitative estimate of drug-likeness (QED) is 0.678. The Labute approximate surface area is 123 Å². The Morgan fingerprint density at radius 3 is 2.71 bits per heavy atom. The number of aromatic nitrogens is 1. The number of benzene rings is 1. The number of aryl methyl sites for hydroxylation is 1. The van der Waals surface area contributed by atoms with Crippen LogP contribution in [0.25, 0.3) is 10.9 Å². The van der Waals surface area contributed by atoms with Crippen LogP contribution in [-0.2, 0) is 0 Å². The molecule has 0 saturated heterocycles. The topological polar surface area (TPSA) is 68.1 Å². The summed E-state index contributed by atoms with van der Waals surface area (Å²) in [5, 5.41) is 15.2. The molecule has 5 nitrogen and oxygen atoms in total. The SMILES string of the molecule is Cc1cc(NC2CCCCC2)nc2ccc([N+](=O)[O-])cc12. The molecule has 0 bridgehead atoms. The number of non-ortho nitro benzene ring substituents is 1. The zero-order chi connectivity index (χ0) is 14.8. The molecule has 0 aliphatic heterocycles. The largest absolute Gasteiger partial charge is 0.367 e. The molecular weight excluding hydrogens is 266 g/mol. The van der Waals surface area contributed by atoms with E-state index in [0.29, 0.717) is 6.04 Å². The van der Waals surface area contributed by atoms with E-state index >= 15 is 0 Å². The van der Waals surface area contributed by atoms with Crippen LogP contribution in [0.15, 0.2) is 24.3 Å². The fourth-order valence-electron chi connectivity index (χ4n) is 3.03. The fourth-order valence-corrected chi connectivity index (χ4v) is 3.03. The summed E-state index contributed by atoms with van der Waals surface area (Å²) in [7, 11) is 0. The molecule has 2 aromatic rings. The molecule has 1 aromatic heterocycles. The normalized spacial score (nSPS) is 16.0. The van der Waals surface area contributed by atoms with Crippen LogP contribution >= 0.6 is 0 Å². The van der Waals surface area contributed by atoms with Crippen LogP contribution in [0, 0.1) is 17.0 Å². The summed E-state index contributed by atoms with van der Waals surface area (Å²) in [5.41, 5.74) is 1.93. The molecule has 1 heterocycles. The number of pyridine rings is 1. The monoisotopic (exact) mass is 285 g/mol. The van der Waals surface area contributed by atoms with E-state index in [1.807, 2.05) is 13.0 Å². The molecule has 21 heavy (non-hydrogen) atoms. The van der Waals surface area contributed by atoms with Crippen molar-refractivity contribution < 1.29 is 4.92 Å². The third-order valence-corrected chi connectivity index (χ3v) is 4.17. The van der Waals surface area contributed by atoms with Gasteiger partial charge in [0, 0.05) is 23.6 Å². The standard InChI is InChI=1S/C16H19N3O2/c1-11-9-16(17-12-5-3-2-4-6-12)18-15-8-7-13(19(20)21)10-14(11)15/h7-10,12H,2-6H2,1H3,(H,17,18). The predicted octanol–water partition coefficient (Wildman–Crippen LogP) is 4.20. The second-order valence-electron chi connectivity index (χ2n) is 5.76. The first-order chi connectivity index (χ1) is 10.1. The number of anilines is 1. The first-order valence-corrected chi connectivity index (χ1v) is 7.46. The minimum atomic E-state index is -0.368. The van der Waals surface area contributed by atoms with Crippen LogP contribution in [0.2, 0.25) is 0 Å². The summed E-state index contributed by atoms with van der Waals surface area (Å²) < 4.78 is 0. The lowest BCUT2D eigenvalue weighted by molar-refractivity contribution is -0.384. The molecule has 0 atom stereocenters. The summed E-state index contributed by atoms with van der Waals surface area (Å²) in [6.07, 6.45) is 6.26. The molecule has 1 fully saturated rings. The molecule has 1 aliphatic carbocycles. The van der Waals surface area contributed by atoms with Crippen molar-refractivity contribution in [3.8, 4) is 0 Å². The number of rotatable bonds is 3. The fraction of sp³-hybridized carbons (Fsp3) is 0.438. The van der Waals surface area contributed by atoms with Gasteiger partial charge in [0.25, 0.3) is 5.69 Å². The van der Waals surface area contributed by atoms with Crippen molar-refractivity contribution in [2.45, 2.75) is 45.1 Å². The molecule has 1 saturated carbocycles. The van der Waals surface area contributed by atoms with Crippen LogP contribution in [0.3, 0.4) is 0 Å². The van der Waals surface area contributed by atoms with E-state index in [1.54, 1.807) is 12.1 Å². The predicted molar refractivity (Wildman–Crippen MR) is 83.6 cm³/mol. The van der Waals surface area contributed by atoms with Gasteiger partial charge in [-0.15, -0.1) is 0 Å². The lowest BCUT2D eigenvalue weighted by atomic mass is 9.95. The molecule has 1 aliphatic rings. The van der Waals surface area contributed by atoms with Gasteiger partial charge >= 0.3 is 0 Å². The second kappa shape index (κ2) is 5.68. The maximum atomic E-state index is 10.9. The Balaban J connectivity index is 1.91. The molecule has 0 radical (unpaired) electrons. The number of fused-ring (bicyclic) bond motifs is 1. The Morgan fingerprint density at radius 2 is 2.00 bits per heavy atom. The van der Waals surface area contributed by atoms with Crippen LogP contribution in [0.1, 0.15) is 37.7 Å². The van der Waals surface area contributed by atoms with Crippen molar-refractivity contribution in [1.82, 2.24) is 4.98 Å². The van der Waals surface area contributed by atoms with Gasteiger partial charge in [-0.25, -0.2) is 4.98 Å². The average molecular weight is 285 g/mol. The second-order valence-corrected chi connectivity index (χ2v) is 5.76. The van der Waals surface area contributed by atoms with Crippen molar-refractivity contribution in [2.24, 2.45) is 0 Å². The van der Waals surface area contributed by atoms with Gasteiger partial charge in [0.2, 0.25) is 0 Å². The zero-order valence-corrected chi connectivity index (χ0v) is 12.1. The van der Waals surface area contributed by atoms with Gasteiger partial charge in [-0.3, -0.25) is 10.1 Å². The smallest absolute Gasteiger partial charge is 0.270 e. The number of nitro benzene ring substituents is 1. The van der Waals surface area contributed by atoms with Gasteiger partial charge in [0.1, 0.15) is 5.82 Å². The molecule has 3 rings (SSSR count). The summed E-state index contributed by atoms with van der Waals surface area (Å²) >= 11 is 0. The average Bonchev–Trinajstić information content (AvgIpc) is 2.48. The summed E-state index contributed by atoms with van der Waals surface area (Å²) in [6.45, 7) is 1.97. The first-order valence-electron chi connectivity index (χ1n) is 7.46. The van der Waals surface area contributed by atoms with Crippen molar-refractivity contribution >= 4 is 22.4 Å². The van der Waals surface area contributed by atoms with Gasteiger partial charge in [0.05, 0.1) is 10.4 Å². The van der Waals surface area contributed by atoms with Crippen LogP contribution < -0.4 is 5.32 Å². The van der Waals surface area contributed by atoms with E-state index in [1.165, 1.54) is 38.2 Å². The Hall–Kier alpha value is -2.17. The highest BCUT2D eigenvalue weighted by Crippen LogP contribution is 2.26.